The standard InChI is InChI=1S/C20H22N6O3S/c1-14-2-4-15(5-3-14)19-23-24-20(30)25(19)13-10-18(27)22-12-11-21-16-6-8-17(9-7-16)26(28)29/h2-9,21H,10-13H2,1H3,(H,22,27)(H,24,30). The number of carbonyl (C=O) groups excluding carboxylic acids is 1. The van der Waals surface area contributed by atoms with Gasteiger partial charge in [0.05, 0.1) is 4.92 Å². The molecule has 0 bridgehead atoms. The predicted octanol–water partition coefficient (Wildman–Crippen LogP) is 3.44. The highest BCUT2D eigenvalue weighted by molar-refractivity contribution is 7.71. The number of non-ortho nitro benzene ring substituents is 1. The van der Waals surface area contributed by atoms with E-state index in [0.717, 1.165) is 16.8 Å². The molecule has 0 fully saturated rings. The molecule has 0 spiro atoms. The van der Waals surface area contributed by atoms with Crippen molar-refractivity contribution < 1.29 is 9.72 Å². The second-order valence-electron chi connectivity index (χ2n) is 6.70. The molecule has 0 saturated heterocycles. The molecular weight excluding hydrogens is 404 g/mol. The first-order valence-corrected chi connectivity index (χ1v) is 9.82. The molecule has 0 radical (unpaired) electrons. The van der Waals surface area contributed by atoms with E-state index in [9.17, 15) is 14.9 Å². The van der Waals surface area contributed by atoms with Crippen molar-refractivity contribution in [1.82, 2.24) is 20.1 Å². The van der Waals surface area contributed by atoms with Crippen LogP contribution >= 0.6 is 12.2 Å². The Hall–Kier alpha value is -3.53. The van der Waals surface area contributed by atoms with Gasteiger partial charge in [0.25, 0.3) is 5.69 Å². The highest BCUT2D eigenvalue weighted by Gasteiger charge is 2.10. The van der Waals surface area contributed by atoms with Crippen LogP contribution in [0.1, 0.15) is 12.0 Å². The van der Waals surface area contributed by atoms with Crippen molar-refractivity contribution in [2.75, 3.05) is 18.4 Å². The molecule has 0 aliphatic heterocycles. The smallest absolute Gasteiger partial charge is 0.269 e. The van der Waals surface area contributed by atoms with E-state index in [4.69, 9.17) is 12.2 Å². The number of nitrogens with one attached hydrogen (secondary N) is 3. The van der Waals surface area contributed by atoms with Gasteiger partial charge < -0.3 is 10.6 Å². The van der Waals surface area contributed by atoms with Gasteiger partial charge >= 0.3 is 0 Å². The van der Waals surface area contributed by atoms with Crippen molar-refractivity contribution in [2.45, 2.75) is 19.9 Å². The number of anilines is 1. The molecule has 0 aliphatic rings. The summed E-state index contributed by atoms with van der Waals surface area (Å²) in [6.45, 7) is 3.36. The van der Waals surface area contributed by atoms with Crippen molar-refractivity contribution >= 4 is 29.5 Å². The van der Waals surface area contributed by atoms with Gasteiger partial charge in [-0.3, -0.25) is 24.6 Å². The van der Waals surface area contributed by atoms with Crippen LogP contribution in [-0.2, 0) is 11.3 Å². The number of rotatable bonds is 9. The maximum absolute atomic E-state index is 12.2. The third kappa shape index (κ3) is 5.51. The van der Waals surface area contributed by atoms with E-state index in [2.05, 4.69) is 20.8 Å². The summed E-state index contributed by atoms with van der Waals surface area (Å²) in [7, 11) is 0. The fourth-order valence-electron chi connectivity index (χ4n) is 2.86. The molecule has 9 nitrogen and oxygen atoms in total. The lowest BCUT2D eigenvalue weighted by Crippen LogP contribution is -2.29. The van der Waals surface area contributed by atoms with E-state index in [1.54, 1.807) is 12.1 Å². The van der Waals surface area contributed by atoms with Gasteiger partial charge in [0, 0.05) is 49.4 Å². The molecule has 30 heavy (non-hydrogen) atoms. The Labute approximate surface area is 178 Å². The summed E-state index contributed by atoms with van der Waals surface area (Å²) in [4.78, 5) is 22.4. The average molecular weight is 427 g/mol. The molecule has 0 atom stereocenters. The quantitative estimate of drug-likeness (QED) is 0.209. The lowest BCUT2D eigenvalue weighted by atomic mass is 10.1. The zero-order valence-corrected chi connectivity index (χ0v) is 17.2. The number of hydrogen-bond donors (Lipinski definition) is 3. The van der Waals surface area contributed by atoms with Crippen LogP contribution in [0.5, 0.6) is 0 Å². The van der Waals surface area contributed by atoms with Gasteiger partial charge in [0.2, 0.25) is 5.91 Å². The number of aromatic amines is 1. The number of nitro groups is 1. The largest absolute Gasteiger partial charge is 0.383 e. The molecule has 156 valence electrons. The molecule has 10 heteroatoms. The summed E-state index contributed by atoms with van der Waals surface area (Å²) in [5.74, 6) is 0.603. The molecule has 3 N–H and O–H groups in total. The normalized spacial score (nSPS) is 10.6. The van der Waals surface area contributed by atoms with E-state index >= 15 is 0 Å². The molecule has 3 aromatic rings. The minimum Gasteiger partial charge on any atom is -0.383 e. The van der Waals surface area contributed by atoms with Gasteiger partial charge in [-0.15, -0.1) is 0 Å². The van der Waals surface area contributed by atoms with Gasteiger partial charge in [-0.25, -0.2) is 0 Å². The maximum atomic E-state index is 12.2. The Kier molecular flexibility index (Phi) is 6.91. The number of hydrogen-bond acceptors (Lipinski definition) is 6. The molecule has 2 aromatic carbocycles. The molecule has 0 saturated carbocycles. The second kappa shape index (κ2) is 9.79. The van der Waals surface area contributed by atoms with Crippen LogP contribution in [0.15, 0.2) is 48.5 Å². The van der Waals surface area contributed by atoms with Crippen molar-refractivity contribution in [1.29, 1.82) is 0 Å². The van der Waals surface area contributed by atoms with E-state index in [0.29, 0.717) is 30.2 Å². The van der Waals surface area contributed by atoms with Crippen molar-refractivity contribution in [2.24, 2.45) is 0 Å². The van der Waals surface area contributed by atoms with Crippen molar-refractivity contribution in [3.63, 3.8) is 0 Å². The Balaban J connectivity index is 1.46. The van der Waals surface area contributed by atoms with Crippen LogP contribution in [-0.4, -0.2) is 38.7 Å². The lowest BCUT2D eigenvalue weighted by molar-refractivity contribution is -0.384. The van der Waals surface area contributed by atoms with Crippen LogP contribution in [0.25, 0.3) is 11.4 Å². The summed E-state index contributed by atoms with van der Waals surface area (Å²) in [6.07, 6.45) is 0.268. The van der Waals surface area contributed by atoms with E-state index in [-0.39, 0.29) is 18.0 Å². The third-order valence-electron chi connectivity index (χ3n) is 4.48. The zero-order valence-electron chi connectivity index (χ0n) is 16.4. The minimum atomic E-state index is -0.444. The number of carbonyl (C=O) groups is 1. The van der Waals surface area contributed by atoms with E-state index in [1.165, 1.54) is 12.1 Å². The molecule has 1 heterocycles. The number of benzene rings is 2. The monoisotopic (exact) mass is 426 g/mol. The molecule has 1 amide bonds. The summed E-state index contributed by atoms with van der Waals surface area (Å²) in [5.41, 5.74) is 2.88. The topological polar surface area (TPSA) is 118 Å². The Morgan fingerprint density at radius 3 is 2.53 bits per heavy atom. The highest BCUT2D eigenvalue weighted by Crippen LogP contribution is 2.18. The molecule has 3 rings (SSSR count). The van der Waals surface area contributed by atoms with E-state index < -0.39 is 4.92 Å². The third-order valence-corrected chi connectivity index (χ3v) is 4.80. The first-order chi connectivity index (χ1) is 14.4. The van der Waals surface area contributed by atoms with Gasteiger partial charge in [-0.05, 0) is 31.3 Å². The van der Waals surface area contributed by atoms with Crippen LogP contribution in [0.4, 0.5) is 11.4 Å². The lowest BCUT2D eigenvalue weighted by Gasteiger charge is -2.09. The van der Waals surface area contributed by atoms with E-state index in [1.807, 2.05) is 35.8 Å². The predicted molar refractivity (Wildman–Crippen MR) is 117 cm³/mol. The van der Waals surface area contributed by atoms with Crippen molar-refractivity contribution in [3.05, 3.63) is 69.0 Å². The minimum absolute atomic E-state index is 0.0386. The van der Waals surface area contributed by atoms with Gasteiger partial charge in [-0.1, -0.05) is 29.8 Å². The van der Waals surface area contributed by atoms with Crippen molar-refractivity contribution in [3.8, 4) is 11.4 Å². The fraction of sp³-hybridized carbons (Fsp3) is 0.250. The number of H-pyrrole nitrogens is 1. The van der Waals surface area contributed by atoms with Crippen LogP contribution in [0.2, 0.25) is 0 Å². The zero-order chi connectivity index (χ0) is 21.5. The Morgan fingerprint density at radius 2 is 1.87 bits per heavy atom. The highest BCUT2D eigenvalue weighted by atomic mass is 32.1. The molecular formula is C20H22N6O3S. The molecule has 0 unspecified atom stereocenters. The summed E-state index contributed by atoms with van der Waals surface area (Å²) in [5, 5.41) is 23.7. The summed E-state index contributed by atoms with van der Waals surface area (Å²) < 4.78 is 2.28. The first-order valence-electron chi connectivity index (χ1n) is 9.41. The van der Waals surface area contributed by atoms with Gasteiger partial charge in [0.1, 0.15) is 0 Å². The number of nitrogens with zero attached hydrogens (tertiary/aromatic N) is 3. The van der Waals surface area contributed by atoms with Crippen LogP contribution < -0.4 is 10.6 Å². The second-order valence-corrected chi connectivity index (χ2v) is 7.09. The maximum Gasteiger partial charge on any atom is 0.269 e. The first kappa shape index (κ1) is 21.2. The van der Waals surface area contributed by atoms with Gasteiger partial charge in [-0.2, -0.15) is 5.10 Å². The average Bonchev–Trinajstić information content (AvgIpc) is 3.11. The molecule has 0 aliphatic carbocycles. The number of nitro benzene ring substituents is 1. The van der Waals surface area contributed by atoms with Crippen LogP contribution in [0.3, 0.4) is 0 Å². The summed E-state index contributed by atoms with van der Waals surface area (Å²) in [6, 6.07) is 14.1. The number of aryl methyl sites for hydroxylation is 1. The number of aromatic nitrogens is 3. The SMILES string of the molecule is Cc1ccc(-c2n[nH]c(=S)n2CCC(=O)NCCNc2ccc([N+](=O)[O-])cc2)cc1. The fourth-order valence-corrected chi connectivity index (χ4v) is 3.08. The summed E-state index contributed by atoms with van der Waals surface area (Å²) >= 11 is 5.30. The molecule has 1 aromatic heterocycles. The number of amides is 1. The Morgan fingerprint density at radius 1 is 1.17 bits per heavy atom. The Bertz CT molecular complexity index is 1070. The van der Waals surface area contributed by atoms with Crippen LogP contribution in [0, 0.1) is 21.8 Å². The van der Waals surface area contributed by atoms with Gasteiger partial charge in [0.15, 0.2) is 10.6 Å².